The Morgan fingerprint density at radius 1 is 0.966 bits per heavy atom. The maximum Gasteiger partial charge on any atom is 0.348 e. The summed E-state index contributed by atoms with van der Waals surface area (Å²) in [7, 11) is 5.52. The van der Waals surface area contributed by atoms with Crippen molar-refractivity contribution in [1.29, 1.82) is 5.26 Å². The van der Waals surface area contributed by atoms with Gasteiger partial charge in [-0.1, -0.05) is 12.1 Å². The lowest BCUT2D eigenvalue weighted by Gasteiger charge is -2.13. The molecule has 0 saturated heterocycles. The lowest BCUT2D eigenvalue weighted by molar-refractivity contribution is -0.135. The molecule has 0 heterocycles. The van der Waals surface area contributed by atoms with E-state index < -0.39 is 11.9 Å². The normalized spacial score (nSPS) is 10.5. The Labute approximate surface area is 167 Å². The molecule has 0 unspecified atom stereocenters. The van der Waals surface area contributed by atoms with Crippen LogP contribution in [0.15, 0.2) is 42.0 Å². The SMILES string of the molecule is COC(=O)/C(C#N)=C/c1cccc(OC(=O)c2cc(OC)c(OC)c(OC)c2)c1. The summed E-state index contributed by atoms with van der Waals surface area (Å²) in [6, 6.07) is 11.1. The van der Waals surface area contributed by atoms with Crippen LogP contribution in [0.3, 0.4) is 0 Å². The smallest absolute Gasteiger partial charge is 0.348 e. The molecule has 0 spiro atoms. The van der Waals surface area contributed by atoms with Gasteiger partial charge in [-0.05, 0) is 35.9 Å². The highest BCUT2D eigenvalue weighted by Crippen LogP contribution is 2.38. The summed E-state index contributed by atoms with van der Waals surface area (Å²) >= 11 is 0. The molecular formula is C21H19NO7. The van der Waals surface area contributed by atoms with Gasteiger partial charge in [0.2, 0.25) is 5.75 Å². The minimum absolute atomic E-state index is 0.180. The number of carbonyl (C=O) groups excluding carboxylic acids is 2. The molecule has 0 atom stereocenters. The molecule has 0 radical (unpaired) electrons. The molecule has 2 aromatic carbocycles. The Bertz CT molecular complexity index is 964. The highest BCUT2D eigenvalue weighted by atomic mass is 16.5. The number of hydrogen-bond acceptors (Lipinski definition) is 8. The van der Waals surface area contributed by atoms with Crippen molar-refractivity contribution in [2.24, 2.45) is 0 Å². The molecular weight excluding hydrogens is 378 g/mol. The Kier molecular flexibility index (Phi) is 7.20. The quantitative estimate of drug-likeness (QED) is 0.304. The molecule has 0 N–H and O–H groups in total. The van der Waals surface area contributed by atoms with Gasteiger partial charge in [0.15, 0.2) is 11.5 Å². The van der Waals surface area contributed by atoms with E-state index in [1.165, 1.54) is 52.7 Å². The predicted molar refractivity (Wildman–Crippen MR) is 103 cm³/mol. The van der Waals surface area contributed by atoms with E-state index in [9.17, 15) is 9.59 Å². The van der Waals surface area contributed by atoms with E-state index in [2.05, 4.69) is 4.74 Å². The van der Waals surface area contributed by atoms with E-state index in [4.69, 9.17) is 24.2 Å². The first-order chi connectivity index (χ1) is 14.0. The first-order valence-corrected chi connectivity index (χ1v) is 8.29. The monoisotopic (exact) mass is 397 g/mol. The van der Waals surface area contributed by atoms with E-state index in [-0.39, 0.29) is 16.9 Å². The Balaban J connectivity index is 2.31. The largest absolute Gasteiger partial charge is 0.493 e. The van der Waals surface area contributed by atoms with Gasteiger partial charge in [-0.2, -0.15) is 5.26 Å². The number of rotatable bonds is 7. The van der Waals surface area contributed by atoms with Gasteiger partial charge in [-0.3, -0.25) is 0 Å². The number of methoxy groups -OCH3 is 4. The Morgan fingerprint density at radius 2 is 1.62 bits per heavy atom. The molecule has 0 aromatic heterocycles. The number of hydrogen-bond donors (Lipinski definition) is 0. The topological polar surface area (TPSA) is 104 Å². The van der Waals surface area contributed by atoms with E-state index >= 15 is 0 Å². The number of carbonyl (C=O) groups is 2. The van der Waals surface area contributed by atoms with Crippen LogP contribution in [0.2, 0.25) is 0 Å². The second kappa shape index (κ2) is 9.80. The van der Waals surface area contributed by atoms with Crippen molar-refractivity contribution in [2.75, 3.05) is 28.4 Å². The zero-order valence-electron chi connectivity index (χ0n) is 16.3. The van der Waals surface area contributed by atoms with Gasteiger partial charge in [-0.15, -0.1) is 0 Å². The highest BCUT2D eigenvalue weighted by molar-refractivity contribution is 5.98. The van der Waals surface area contributed by atoms with E-state index in [1.54, 1.807) is 24.3 Å². The molecule has 0 bridgehead atoms. The molecule has 29 heavy (non-hydrogen) atoms. The lowest BCUT2D eigenvalue weighted by Crippen LogP contribution is -2.10. The summed E-state index contributed by atoms with van der Waals surface area (Å²) in [4.78, 5) is 24.1. The van der Waals surface area contributed by atoms with Crippen molar-refractivity contribution in [1.82, 2.24) is 0 Å². The second-order valence-electron chi connectivity index (χ2n) is 5.54. The average molecular weight is 397 g/mol. The van der Waals surface area contributed by atoms with Gasteiger partial charge in [0.1, 0.15) is 17.4 Å². The maximum atomic E-state index is 12.6. The van der Waals surface area contributed by atoms with E-state index in [0.29, 0.717) is 22.8 Å². The number of nitrogens with zero attached hydrogens (tertiary/aromatic N) is 1. The van der Waals surface area contributed by atoms with Crippen LogP contribution in [0, 0.1) is 11.3 Å². The summed E-state index contributed by atoms with van der Waals surface area (Å²) in [5.41, 5.74) is 0.496. The van der Waals surface area contributed by atoms with Crippen molar-refractivity contribution in [3.05, 3.63) is 53.1 Å². The Morgan fingerprint density at radius 3 is 2.14 bits per heavy atom. The predicted octanol–water partition coefficient (Wildman–Crippen LogP) is 3.01. The minimum Gasteiger partial charge on any atom is -0.493 e. The van der Waals surface area contributed by atoms with Crippen LogP contribution in [0.1, 0.15) is 15.9 Å². The van der Waals surface area contributed by atoms with Gasteiger partial charge >= 0.3 is 11.9 Å². The molecule has 8 nitrogen and oxygen atoms in total. The van der Waals surface area contributed by atoms with Crippen molar-refractivity contribution in [3.8, 4) is 29.1 Å². The number of benzene rings is 2. The summed E-state index contributed by atoms with van der Waals surface area (Å²) < 4.78 is 25.6. The summed E-state index contributed by atoms with van der Waals surface area (Å²) in [6.45, 7) is 0. The minimum atomic E-state index is -0.757. The van der Waals surface area contributed by atoms with Gasteiger partial charge in [-0.25, -0.2) is 9.59 Å². The first kappa shape index (κ1) is 21.3. The summed E-state index contributed by atoms with van der Waals surface area (Å²) in [5, 5.41) is 9.06. The molecule has 0 aliphatic heterocycles. The molecule has 0 amide bonds. The zero-order chi connectivity index (χ0) is 21.4. The van der Waals surface area contributed by atoms with Gasteiger partial charge in [0.05, 0.1) is 34.0 Å². The third kappa shape index (κ3) is 5.05. The first-order valence-electron chi connectivity index (χ1n) is 8.29. The fourth-order valence-electron chi connectivity index (χ4n) is 2.45. The van der Waals surface area contributed by atoms with Crippen molar-refractivity contribution in [2.45, 2.75) is 0 Å². The standard InChI is InChI=1S/C21H19NO7/c1-25-17-10-14(11-18(26-2)19(17)27-3)21(24)29-16-7-5-6-13(9-16)8-15(12-22)20(23)28-4/h5-11H,1-4H3/b15-8+. The lowest BCUT2D eigenvalue weighted by atomic mass is 10.1. The van der Waals surface area contributed by atoms with Crippen molar-refractivity contribution < 1.29 is 33.3 Å². The van der Waals surface area contributed by atoms with Crippen molar-refractivity contribution in [3.63, 3.8) is 0 Å². The van der Waals surface area contributed by atoms with Crippen LogP contribution in [0.4, 0.5) is 0 Å². The van der Waals surface area contributed by atoms with Crippen LogP contribution in [-0.2, 0) is 9.53 Å². The average Bonchev–Trinajstić information content (AvgIpc) is 2.75. The number of nitriles is 1. The fourth-order valence-corrected chi connectivity index (χ4v) is 2.45. The maximum absolute atomic E-state index is 12.6. The van der Waals surface area contributed by atoms with Gasteiger partial charge in [0.25, 0.3) is 0 Å². The molecule has 0 saturated carbocycles. The van der Waals surface area contributed by atoms with Crippen molar-refractivity contribution >= 4 is 18.0 Å². The highest BCUT2D eigenvalue weighted by Gasteiger charge is 2.18. The fraction of sp³-hybridized carbons (Fsp3) is 0.190. The molecule has 0 fully saturated rings. The molecule has 8 heteroatoms. The third-order valence-corrected chi connectivity index (χ3v) is 3.81. The molecule has 0 aliphatic carbocycles. The summed E-state index contributed by atoms with van der Waals surface area (Å²) in [5.74, 6) is -0.212. The zero-order valence-corrected chi connectivity index (χ0v) is 16.3. The molecule has 150 valence electrons. The molecule has 2 rings (SSSR count). The third-order valence-electron chi connectivity index (χ3n) is 3.81. The Hall–Kier alpha value is -3.99. The van der Waals surface area contributed by atoms with Crippen LogP contribution >= 0.6 is 0 Å². The van der Waals surface area contributed by atoms with Crippen LogP contribution in [-0.4, -0.2) is 40.4 Å². The summed E-state index contributed by atoms with van der Waals surface area (Å²) in [6.07, 6.45) is 1.34. The second-order valence-corrected chi connectivity index (χ2v) is 5.54. The molecule has 0 aliphatic rings. The number of ether oxygens (including phenoxy) is 5. The van der Waals surface area contributed by atoms with Gasteiger partial charge < -0.3 is 23.7 Å². The van der Waals surface area contributed by atoms with Gasteiger partial charge in [0, 0.05) is 0 Å². The van der Waals surface area contributed by atoms with E-state index in [0.717, 1.165) is 0 Å². The van der Waals surface area contributed by atoms with Crippen LogP contribution < -0.4 is 18.9 Å². The number of esters is 2. The van der Waals surface area contributed by atoms with E-state index in [1.807, 2.05) is 0 Å². The van der Waals surface area contributed by atoms with Crippen LogP contribution in [0.25, 0.3) is 6.08 Å². The molecule has 2 aromatic rings. The van der Waals surface area contributed by atoms with Crippen LogP contribution in [0.5, 0.6) is 23.0 Å².